The lowest BCUT2D eigenvalue weighted by molar-refractivity contribution is 0.886. The lowest BCUT2D eigenvalue weighted by Crippen LogP contribution is -1.94. The van der Waals surface area contributed by atoms with Gasteiger partial charge in [0.2, 0.25) is 0 Å². The summed E-state index contributed by atoms with van der Waals surface area (Å²) in [6.07, 6.45) is 9.52. The number of nitrogens with zero attached hydrogens (tertiary/aromatic N) is 1. The SMILES string of the molecule is c1cncc(CSC2CCCC2)c1. The second-order valence-corrected chi connectivity index (χ2v) is 4.87. The molecule has 0 spiro atoms. The minimum Gasteiger partial charge on any atom is -0.264 e. The highest BCUT2D eigenvalue weighted by Gasteiger charge is 2.14. The molecule has 1 aromatic heterocycles. The van der Waals surface area contributed by atoms with E-state index in [4.69, 9.17) is 0 Å². The molecule has 0 bridgehead atoms. The van der Waals surface area contributed by atoms with Crippen molar-refractivity contribution in [3.8, 4) is 0 Å². The fourth-order valence-corrected chi connectivity index (χ4v) is 3.02. The third-order valence-corrected chi connectivity index (χ3v) is 3.95. The van der Waals surface area contributed by atoms with Gasteiger partial charge in [-0.05, 0) is 24.5 Å². The Morgan fingerprint density at radius 3 is 2.92 bits per heavy atom. The third-order valence-electron chi connectivity index (χ3n) is 2.51. The first-order valence-electron chi connectivity index (χ1n) is 4.95. The quantitative estimate of drug-likeness (QED) is 0.731. The number of rotatable bonds is 3. The predicted molar refractivity (Wildman–Crippen MR) is 57.8 cm³/mol. The van der Waals surface area contributed by atoms with Gasteiger partial charge in [0.15, 0.2) is 0 Å². The maximum absolute atomic E-state index is 4.12. The van der Waals surface area contributed by atoms with Crippen LogP contribution < -0.4 is 0 Å². The first-order valence-corrected chi connectivity index (χ1v) is 6.00. The summed E-state index contributed by atoms with van der Waals surface area (Å²) in [7, 11) is 0. The number of hydrogen-bond acceptors (Lipinski definition) is 2. The van der Waals surface area contributed by atoms with Gasteiger partial charge in [-0.2, -0.15) is 11.8 Å². The Morgan fingerprint density at radius 1 is 1.38 bits per heavy atom. The van der Waals surface area contributed by atoms with Gasteiger partial charge in [0.05, 0.1) is 0 Å². The van der Waals surface area contributed by atoms with Crippen LogP contribution in [0.4, 0.5) is 0 Å². The van der Waals surface area contributed by atoms with Gasteiger partial charge in [0.1, 0.15) is 0 Å². The Balaban J connectivity index is 1.79. The molecule has 0 aromatic carbocycles. The lowest BCUT2D eigenvalue weighted by Gasteiger charge is -2.07. The molecule has 0 saturated heterocycles. The molecule has 1 heterocycles. The normalized spacial score (nSPS) is 17.8. The Labute approximate surface area is 84.0 Å². The van der Waals surface area contributed by atoms with Gasteiger partial charge in [-0.1, -0.05) is 18.9 Å². The maximum atomic E-state index is 4.12. The highest BCUT2D eigenvalue weighted by atomic mass is 32.2. The molecule has 0 radical (unpaired) electrons. The van der Waals surface area contributed by atoms with Gasteiger partial charge in [0.25, 0.3) is 0 Å². The molecule has 1 aromatic rings. The minimum atomic E-state index is 0.917. The summed E-state index contributed by atoms with van der Waals surface area (Å²) < 4.78 is 0. The van der Waals surface area contributed by atoms with Crippen LogP contribution >= 0.6 is 11.8 Å². The lowest BCUT2D eigenvalue weighted by atomic mass is 10.3. The first kappa shape index (κ1) is 9.07. The van der Waals surface area contributed by atoms with Crippen molar-refractivity contribution in [1.82, 2.24) is 4.98 Å². The van der Waals surface area contributed by atoms with Gasteiger partial charge in [-0.15, -0.1) is 0 Å². The molecule has 1 fully saturated rings. The van der Waals surface area contributed by atoms with Gasteiger partial charge in [-0.3, -0.25) is 4.98 Å². The van der Waals surface area contributed by atoms with Crippen LogP contribution in [0.3, 0.4) is 0 Å². The average molecular weight is 193 g/mol. The van der Waals surface area contributed by atoms with E-state index >= 15 is 0 Å². The molecule has 13 heavy (non-hydrogen) atoms. The van der Waals surface area contributed by atoms with Crippen molar-refractivity contribution in [1.29, 1.82) is 0 Å². The van der Waals surface area contributed by atoms with E-state index in [2.05, 4.69) is 22.8 Å². The molecule has 0 amide bonds. The second-order valence-electron chi connectivity index (χ2n) is 3.58. The highest BCUT2D eigenvalue weighted by molar-refractivity contribution is 7.99. The van der Waals surface area contributed by atoms with Crippen molar-refractivity contribution in [2.24, 2.45) is 0 Å². The van der Waals surface area contributed by atoms with Gasteiger partial charge < -0.3 is 0 Å². The Morgan fingerprint density at radius 2 is 2.23 bits per heavy atom. The summed E-state index contributed by atoms with van der Waals surface area (Å²) in [5.41, 5.74) is 1.36. The molecule has 1 aliphatic carbocycles. The molecule has 2 heteroatoms. The van der Waals surface area contributed by atoms with Gasteiger partial charge >= 0.3 is 0 Å². The first-order chi connectivity index (χ1) is 6.45. The van der Waals surface area contributed by atoms with Crippen LogP contribution in [0.15, 0.2) is 24.5 Å². The molecular weight excluding hydrogens is 178 g/mol. The van der Waals surface area contributed by atoms with Crippen LogP contribution in [-0.2, 0) is 5.75 Å². The highest BCUT2D eigenvalue weighted by Crippen LogP contribution is 2.31. The number of hydrogen-bond donors (Lipinski definition) is 0. The van der Waals surface area contributed by atoms with E-state index in [1.165, 1.54) is 31.2 Å². The zero-order chi connectivity index (χ0) is 8.93. The van der Waals surface area contributed by atoms with Crippen LogP contribution in [0.2, 0.25) is 0 Å². The Kier molecular flexibility index (Phi) is 3.25. The van der Waals surface area contributed by atoms with E-state index in [1.807, 2.05) is 18.5 Å². The zero-order valence-electron chi connectivity index (χ0n) is 7.78. The van der Waals surface area contributed by atoms with Crippen molar-refractivity contribution < 1.29 is 0 Å². The molecule has 70 valence electrons. The van der Waals surface area contributed by atoms with Crippen molar-refractivity contribution in [2.75, 3.05) is 0 Å². The summed E-state index contributed by atoms with van der Waals surface area (Å²) in [5, 5.41) is 0.917. The third kappa shape index (κ3) is 2.73. The number of aromatic nitrogens is 1. The molecule has 0 aliphatic heterocycles. The van der Waals surface area contributed by atoms with Crippen LogP contribution in [0.25, 0.3) is 0 Å². The standard InChI is InChI=1S/C11H15NS/c1-2-6-11(5-1)13-9-10-4-3-7-12-8-10/h3-4,7-8,11H,1-2,5-6,9H2. The maximum Gasteiger partial charge on any atom is 0.0308 e. The fraction of sp³-hybridized carbons (Fsp3) is 0.545. The molecule has 1 aliphatic rings. The molecule has 0 unspecified atom stereocenters. The average Bonchev–Trinajstić information content (AvgIpc) is 2.69. The van der Waals surface area contributed by atoms with Crippen LogP contribution in [0.5, 0.6) is 0 Å². The zero-order valence-corrected chi connectivity index (χ0v) is 8.59. The Bertz CT molecular complexity index is 242. The van der Waals surface area contributed by atoms with Gasteiger partial charge in [0, 0.05) is 23.4 Å². The summed E-state index contributed by atoms with van der Waals surface area (Å²) in [4.78, 5) is 4.12. The van der Waals surface area contributed by atoms with E-state index in [-0.39, 0.29) is 0 Å². The molecule has 1 saturated carbocycles. The van der Waals surface area contributed by atoms with Crippen molar-refractivity contribution in [3.63, 3.8) is 0 Å². The van der Waals surface area contributed by atoms with Crippen LogP contribution in [0, 0.1) is 0 Å². The number of thioether (sulfide) groups is 1. The van der Waals surface area contributed by atoms with Crippen molar-refractivity contribution in [3.05, 3.63) is 30.1 Å². The summed E-state index contributed by atoms with van der Waals surface area (Å²) in [6.45, 7) is 0. The summed E-state index contributed by atoms with van der Waals surface area (Å²) >= 11 is 2.10. The predicted octanol–water partition coefficient (Wildman–Crippen LogP) is 3.26. The van der Waals surface area contributed by atoms with Crippen molar-refractivity contribution in [2.45, 2.75) is 36.7 Å². The van der Waals surface area contributed by atoms with E-state index in [0.717, 1.165) is 11.0 Å². The molecule has 0 N–H and O–H groups in total. The van der Waals surface area contributed by atoms with E-state index in [1.54, 1.807) is 0 Å². The smallest absolute Gasteiger partial charge is 0.0308 e. The fourth-order valence-electron chi connectivity index (χ4n) is 1.75. The van der Waals surface area contributed by atoms with Crippen LogP contribution in [0.1, 0.15) is 31.2 Å². The Hall–Kier alpha value is -0.500. The molecule has 1 nitrogen and oxygen atoms in total. The molecular formula is C11H15NS. The van der Waals surface area contributed by atoms with Gasteiger partial charge in [-0.25, -0.2) is 0 Å². The van der Waals surface area contributed by atoms with Crippen molar-refractivity contribution >= 4 is 11.8 Å². The molecule has 0 atom stereocenters. The monoisotopic (exact) mass is 193 g/mol. The summed E-state index contributed by atoms with van der Waals surface area (Å²) in [6, 6.07) is 4.18. The second kappa shape index (κ2) is 4.66. The van der Waals surface area contributed by atoms with E-state index in [9.17, 15) is 0 Å². The minimum absolute atomic E-state index is 0.917. The number of pyridine rings is 1. The molecule has 2 rings (SSSR count). The van der Waals surface area contributed by atoms with E-state index < -0.39 is 0 Å². The van der Waals surface area contributed by atoms with E-state index in [0.29, 0.717) is 0 Å². The summed E-state index contributed by atoms with van der Waals surface area (Å²) in [5.74, 6) is 1.14. The largest absolute Gasteiger partial charge is 0.264 e. The topological polar surface area (TPSA) is 12.9 Å². The van der Waals surface area contributed by atoms with Crippen LogP contribution in [-0.4, -0.2) is 10.2 Å².